The second-order valence-corrected chi connectivity index (χ2v) is 8.92. The lowest BCUT2D eigenvalue weighted by atomic mass is 10.0. The zero-order valence-electron chi connectivity index (χ0n) is 17.5. The third-order valence-electron chi connectivity index (χ3n) is 4.88. The van der Waals surface area contributed by atoms with Crippen molar-refractivity contribution in [1.82, 2.24) is 10.6 Å². The highest BCUT2D eigenvalue weighted by atomic mass is 32.2. The van der Waals surface area contributed by atoms with E-state index < -0.39 is 28.8 Å². The molecular weight excluding hydrogens is 421 g/mol. The lowest BCUT2D eigenvalue weighted by Gasteiger charge is -2.15. The Kier molecular flexibility index (Phi) is 7.75. The minimum atomic E-state index is -0.818. The normalized spacial score (nSPS) is 16.8. The van der Waals surface area contributed by atoms with Gasteiger partial charge in [-0.1, -0.05) is 24.3 Å². The van der Waals surface area contributed by atoms with E-state index in [0.29, 0.717) is 30.1 Å². The molecule has 166 valence electrons. The molecule has 0 aromatic heterocycles. The van der Waals surface area contributed by atoms with Gasteiger partial charge in [-0.3, -0.25) is 13.9 Å². The first kappa shape index (κ1) is 22.9. The van der Waals surface area contributed by atoms with Crippen molar-refractivity contribution in [3.63, 3.8) is 0 Å². The molecule has 1 aliphatic rings. The molecule has 1 saturated heterocycles. The first-order valence-corrected chi connectivity index (χ1v) is 11.7. The molecule has 3 rings (SSSR count). The van der Waals surface area contributed by atoms with Crippen LogP contribution in [0.5, 0.6) is 0 Å². The Morgan fingerprint density at radius 1 is 1.26 bits per heavy atom. The molecule has 2 N–H and O–H groups in total. The summed E-state index contributed by atoms with van der Waals surface area (Å²) < 4.78 is 31.1. The van der Waals surface area contributed by atoms with E-state index in [1.54, 1.807) is 18.4 Å². The highest BCUT2D eigenvalue weighted by Crippen LogP contribution is 2.29. The molecule has 1 heterocycles. The standard InChI is InChI=1S/C22H26FN3O4S/c1-15(27)25-13-19-14-26(22(28)30-19)18-7-8-20(21(23)11-18)17-5-3-16(4-6-17)12-24-9-10-31(2)29/h3-8,11,19,24H,9-10,12-14H2,1-2H3,(H,25,27)/t19-,31?/m0/s1. The number of ether oxygens (including phenoxy) is 1. The number of hydrogen-bond donors (Lipinski definition) is 2. The monoisotopic (exact) mass is 447 g/mol. The molecule has 2 aromatic rings. The maximum atomic E-state index is 14.8. The number of carbonyl (C=O) groups is 2. The van der Waals surface area contributed by atoms with Gasteiger partial charge < -0.3 is 15.4 Å². The molecule has 0 aliphatic carbocycles. The van der Waals surface area contributed by atoms with Gasteiger partial charge in [-0.05, 0) is 29.3 Å². The summed E-state index contributed by atoms with van der Waals surface area (Å²) in [6, 6.07) is 12.2. The van der Waals surface area contributed by atoms with Crippen molar-refractivity contribution >= 4 is 28.5 Å². The highest BCUT2D eigenvalue weighted by Gasteiger charge is 2.32. The Bertz CT molecular complexity index is 968. The van der Waals surface area contributed by atoms with E-state index in [1.165, 1.54) is 17.9 Å². The predicted molar refractivity (Wildman–Crippen MR) is 119 cm³/mol. The number of hydrogen-bond acceptors (Lipinski definition) is 5. The van der Waals surface area contributed by atoms with Gasteiger partial charge in [0.1, 0.15) is 11.9 Å². The van der Waals surface area contributed by atoms with Gasteiger partial charge in [0.2, 0.25) is 5.91 Å². The Labute approximate surface area is 183 Å². The van der Waals surface area contributed by atoms with Crippen LogP contribution in [0.4, 0.5) is 14.9 Å². The summed E-state index contributed by atoms with van der Waals surface area (Å²) in [5, 5.41) is 5.84. The van der Waals surface area contributed by atoms with Crippen LogP contribution in [0, 0.1) is 5.82 Å². The van der Waals surface area contributed by atoms with Crippen molar-refractivity contribution in [2.24, 2.45) is 0 Å². The van der Waals surface area contributed by atoms with Gasteiger partial charge >= 0.3 is 6.09 Å². The molecule has 2 atom stereocenters. The quantitative estimate of drug-likeness (QED) is 0.577. The first-order valence-electron chi connectivity index (χ1n) is 9.95. The molecule has 1 fully saturated rings. The molecule has 0 bridgehead atoms. The Morgan fingerprint density at radius 3 is 2.65 bits per heavy atom. The van der Waals surface area contributed by atoms with Crippen LogP contribution in [0.2, 0.25) is 0 Å². The van der Waals surface area contributed by atoms with Crippen molar-refractivity contribution in [2.45, 2.75) is 19.6 Å². The van der Waals surface area contributed by atoms with E-state index in [9.17, 15) is 18.2 Å². The number of cyclic esters (lactones) is 1. The third kappa shape index (κ3) is 6.35. The summed E-state index contributed by atoms with van der Waals surface area (Å²) in [7, 11) is -0.818. The zero-order valence-corrected chi connectivity index (χ0v) is 18.3. The van der Waals surface area contributed by atoms with E-state index >= 15 is 0 Å². The number of anilines is 1. The van der Waals surface area contributed by atoms with Gasteiger partial charge in [0.25, 0.3) is 0 Å². The van der Waals surface area contributed by atoms with Crippen LogP contribution in [0.15, 0.2) is 42.5 Å². The molecule has 0 spiro atoms. The fraction of sp³-hybridized carbons (Fsp3) is 0.364. The van der Waals surface area contributed by atoms with Crippen LogP contribution in [0.3, 0.4) is 0 Å². The Hall–Kier alpha value is -2.78. The summed E-state index contributed by atoms with van der Waals surface area (Å²) in [4.78, 5) is 24.5. The van der Waals surface area contributed by atoms with Gasteiger partial charge in [0, 0.05) is 48.4 Å². The van der Waals surface area contributed by atoms with Crippen molar-refractivity contribution in [3.05, 3.63) is 53.8 Å². The average molecular weight is 448 g/mol. The van der Waals surface area contributed by atoms with E-state index in [0.717, 1.165) is 11.1 Å². The zero-order chi connectivity index (χ0) is 22.4. The van der Waals surface area contributed by atoms with Crippen LogP contribution in [-0.4, -0.2) is 54.0 Å². The fourth-order valence-electron chi connectivity index (χ4n) is 3.25. The SMILES string of the molecule is CC(=O)NC[C@H]1CN(c2ccc(-c3ccc(CNCCS(C)=O)cc3)c(F)c2)C(=O)O1. The lowest BCUT2D eigenvalue weighted by molar-refractivity contribution is -0.119. The van der Waals surface area contributed by atoms with E-state index in [4.69, 9.17) is 4.74 Å². The van der Waals surface area contributed by atoms with Gasteiger partial charge in [-0.15, -0.1) is 0 Å². The van der Waals surface area contributed by atoms with Gasteiger partial charge in [-0.2, -0.15) is 0 Å². The molecule has 7 nitrogen and oxygen atoms in total. The van der Waals surface area contributed by atoms with Crippen LogP contribution in [0.25, 0.3) is 11.1 Å². The second-order valence-electron chi connectivity index (χ2n) is 7.37. The number of benzene rings is 2. The number of halogens is 1. The molecule has 1 unspecified atom stereocenters. The maximum absolute atomic E-state index is 14.8. The molecule has 2 amide bonds. The summed E-state index contributed by atoms with van der Waals surface area (Å²) in [6.07, 6.45) is 0.636. The van der Waals surface area contributed by atoms with Gasteiger partial charge in [0.05, 0.1) is 18.8 Å². The second kappa shape index (κ2) is 10.5. The molecule has 2 aromatic carbocycles. The Morgan fingerprint density at radius 2 is 2.00 bits per heavy atom. The van der Waals surface area contributed by atoms with E-state index in [-0.39, 0.29) is 19.0 Å². The number of carbonyl (C=O) groups excluding carboxylic acids is 2. The predicted octanol–water partition coefficient (Wildman–Crippen LogP) is 2.42. The van der Waals surface area contributed by atoms with Gasteiger partial charge in [-0.25, -0.2) is 9.18 Å². The van der Waals surface area contributed by atoms with Crippen LogP contribution >= 0.6 is 0 Å². The van der Waals surface area contributed by atoms with Gasteiger partial charge in [0.15, 0.2) is 0 Å². The van der Waals surface area contributed by atoms with Crippen molar-refractivity contribution < 1.29 is 22.9 Å². The Balaban J connectivity index is 1.63. The fourth-order valence-corrected chi connectivity index (χ4v) is 3.68. The maximum Gasteiger partial charge on any atom is 0.414 e. The summed E-state index contributed by atoms with van der Waals surface area (Å²) in [5.74, 6) is -0.0372. The molecule has 1 aliphatic heterocycles. The van der Waals surface area contributed by atoms with Crippen molar-refractivity contribution in [2.75, 3.05) is 36.5 Å². The number of nitrogens with one attached hydrogen (secondary N) is 2. The topological polar surface area (TPSA) is 87.7 Å². The van der Waals surface area contributed by atoms with Crippen LogP contribution in [0.1, 0.15) is 12.5 Å². The molecule has 9 heteroatoms. The average Bonchev–Trinajstić information content (AvgIpc) is 3.11. The minimum Gasteiger partial charge on any atom is -0.442 e. The van der Waals surface area contributed by atoms with Crippen molar-refractivity contribution in [1.29, 1.82) is 0 Å². The third-order valence-corrected chi connectivity index (χ3v) is 5.66. The van der Waals surface area contributed by atoms with E-state index in [1.807, 2.05) is 24.3 Å². The number of rotatable bonds is 9. The highest BCUT2D eigenvalue weighted by molar-refractivity contribution is 7.84. The minimum absolute atomic E-state index is 0.205. The largest absolute Gasteiger partial charge is 0.442 e. The van der Waals surface area contributed by atoms with Crippen LogP contribution in [-0.2, 0) is 26.9 Å². The van der Waals surface area contributed by atoms with E-state index in [2.05, 4.69) is 10.6 Å². The number of amides is 2. The molecular formula is C22H26FN3O4S. The number of nitrogens with zero attached hydrogens (tertiary/aromatic N) is 1. The summed E-state index contributed by atoms with van der Waals surface area (Å²) >= 11 is 0. The smallest absolute Gasteiger partial charge is 0.414 e. The van der Waals surface area contributed by atoms with Crippen molar-refractivity contribution in [3.8, 4) is 11.1 Å². The van der Waals surface area contributed by atoms with Crippen LogP contribution < -0.4 is 15.5 Å². The summed E-state index contributed by atoms with van der Waals surface area (Å²) in [6.45, 7) is 3.17. The molecule has 0 saturated carbocycles. The molecule has 31 heavy (non-hydrogen) atoms. The lowest BCUT2D eigenvalue weighted by Crippen LogP contribution is -2.33. The first-order chi connectivity index (χ1) is 14.8. The summed E-state index contributed by atoms with van der Waals surface area (Å²) in [5.41, 5.74) is 2.63. The molecule has 0 radical (unpaired) electrons.